The molecule has 14 nitrogen and oxygen atoms in total. The zero-order valence-electron chi connectivity index (χ0n) is 24.8. The van der Waals surface area contributed by atoms with Crippen LogP contribution in [0.2, 0.25) is 0 Å². The van der Waals surface area contributed by atoms with Crippen molar-refractivity contribution in [3.8, 4) is 0 Å². The fourth-order valence-electron chi connectivity index (χ4n) is 7.81. The molecule has 0 aromatic rings. The molecule has 0 spiro atoms. The zero-order valence-corrected chi connectivity index (χ0v) is 24.8. The molecule has 4 unspecified atom stereocenters. The fourth-order valence-corrected chi connectivity index (χ4v) is 7.81. The molecule has 0 aromatic heterocycles. The first-order valence-corrected chi connectivity index (χ1v) is 14.7. The first kappa shape index (κ1) is 34.1. The molecule has 0 radical (unpaired) electrons. The second kappa shape index (κ2) is 12.9. The first-order chi connectivity index (χ1) is 20.6. The molecule has 0 amide bonds. The summed E-state index contributed by atoms with van der Waals surface area (Å²) in [6.45, 7) is 1.80. The van der Waals surface area contributed by atoms with Gasteiger partial charge in [-0.15, -0.1) is 0 Å². The Hall–Kier alpha value is -2.79. The Balaban J connectivity index is 1.31. The number of ether oxygens (including phenoxy) is 3. The van der Waals surface area contributed by atoms with Crippen molar-refractivity contribution in [1.29, 1.82) is 0 Å². The van der Waals surface area contributed by atoms with Crippen LogP contribution in [0.15, 0.2) is 23.8 Å². The highest BCUT2D eigenvalue weighted by Gasteiger charge is 2.74. The van der Waals surface area contributed by atoms with E-state index in [9.17, 15) is 29.4 Å². The Kier molecular flexibility index (Phi) is 10.00. The van der Waals surface area contributed by atoms with Crippen LogP contribution in [-0.4, -0.2) is 99.6 Å². The van der Waals surface area contributed by atoms with Gasteiger partial charge >= 0.3 is 12.1 Å². The summed E-state index contributed by atoms with van der Waals surface area (Å²) in [5, 5.41) is 39.5. The van der Waals surface area contributed by atoms with Gasteiger partial charge in [0.25, 0.3) is 0 Å². The summed E-state index contributed by atoms with van der Waals surface area (Å²) in [7, 11) is 0. The number of Topliss-reactive ketones (excluding diaryl/α,β-unsaturated/α-hetero) is 1. The number of carbonyl (C=O) groups excluding carboxylic acids is 4. The monoisotopic (exact) mass is 628 g/mol. The summed E-state index contributed by atoms with van der Waals surface area (Å²) in [6.07, 6.45) is 3.18. The lowest BCUT2D eigenvalue weighted by atomic mass is 9.44. The maximum absolute atomic E-state index is 17.2. The number of unbranched alkanes of at least 4 members (excludes halogenated alkanes) is 1. The Morgan fingerprint density at radius 1 is 1.11 bits per heavy atom. The lowest BCUT2D eigenvalue weighted by Gasteiger charge is -2.62. The topological polar surface area (TPSA) is 215 Å². The number of ketones is 2. The molecule has 0 saturated heterocycles. The van der Waals surface area contributed by atoms with Gasteiger partial charge in [-0.3, -0.25) is 29.6 Å². The van der Waals surface area contributed by atoms with E-state index in [1.165, 1.54) is 18.2 Å². The number of alkyl halides is 1. The number of rotatable bonds is 12. The van der Waals surface area contributed by atoms with Crippen LogP contribution in [0.5, 0.6) is 0 Å². The smallest absolute Gasteiger partial charge is 0.456 e. The van der Waals surface area contributed by atoms with Gasteiger partial charge in [0, 0.05) is 16.7 Å². The molecule has 0 heterocycles. The second-order valence-corrected chi connectivity index (χ2v) is 12.5. The summed E-state index contributed by atoms with van der Waals surface area (Å²) < 4.78 is 31.8. The molecular weight excluding hydrogens is 587 g/mol. The van der Waals surface area contributed by atoms with Crippen LogP contribution in [0, 0.1) is 22.7 Å². The number of fused-ring (bicyclic) bond motifs is 5. The van der Waals surface area contributed by atoms with Crippen LogP contribution in [0.3, 0.4) is 0 Å². The molecular formula is C29H41FN2O12. The van der Waals surface area contributed by atoms with E-state index < -0.39 is 82.6 Å². The minimum absolute atomic E-state index is 0.0109. The molecule has 3 fully saturated rings. The van der Waals surface area contributed by atoms with E-state index in [4.69, 9.17) is 30.4 Å². The van der Waals surface area contributed by atoms with Crippen LogP contribution >= 0.6 is 0 Å². The van der Waals surface area contributed by atoms with E-state index in [0.29, 0.717) is 37.7 Å². The van der Waals surface area contributed by atoms with Gasteiger partial charge < -0.3 is 30.2 Å². The Morgan fingerprint density at radius 3 is 2.52 bits per heavy atom. The maximum Gasteiger partial charge on any atom is 0.508 e. The molecule has 4 rings (SSSR count). The van der Waals surface area contributed by atoms with Crippen molar-refractivity contribution in [2.45, 2.75) is 82.2 Å². The van der Waals surface area contributed by atoms with Gasteiger partial charge in [0.1, 0.15) is 18.2 Å². The second-order valence-electron chi connectivity index (χ2n) is 12.5. The highest BCUT2D eigenvalue weighted by atomic mass is 19.1. The van der Waals surface area contributed by atoms with Gasteiger partial charge in [-0.05, 0) is 69.9 Å². The van der Waals surface area contributed by atoms with Crippen LogP contribution < -0.4 is 5.73 Å². The average Bonchev–Trinajstić information content (AvgIpc) is 3.23. The summed E-state index contributed by atoms with van der Waals surface area (Å²) >= 11 is 0. The summed E-state index contributed by atoms with van der Waals surface area (Å²) in [5.74, 6) is -3.24. The number of aliphatic hydroxyl groups is 2. The van der Waals surface area contributed by atoms with Gasteiger partial charge in [-0.25, -0.2) is 9.18 Å². The number of halogens is 1. The Morgan fingerprint density at radius 2 is 1.82 bits per heavy atom. The molecule has 15 heteroatoms. The number of allylic oxidation sites excluding steroid dienone is 4. The maximum atomic E-state index is 17.2. The third kappa shape index (κ3) is 5.94. The summed E-state index contributed by atoms with van der Waals surface area (Å²) in [4.78, 5) is 53.8. The molecule has 3 saturated carbocycles. The standard InChI is InChI=1S/C29H41FN2O12/c1-26-9-7-18(33)13-17(26)5-6-20-19-8-10-28(38,27(19,2)14-22(34)29(20,26)30)23(35)16-42-24(36)21(31)15-43-25(37)41-11-3-4-12-44-32(39)40/h7,9,13,19-22,34,38-40H,3-6,8,10-12,14-16,31H2,1-2H3/t19?,20-,21?,22-,26-,27-,28?,29?/m0/s1. The zero-order chi connectivity index (χ0) is 32.5. The van der Waals surface area contributed by atoms with Crippen LogP contribution in [0.1, 0.15) is 58.8 Å². The molecule has 4 aliphatic rings. The molecule has 44 heavy (non-hydrogen) atoms. The highest BCUT2D eigenvalue weighted by Crippen LogP contribution is 2.69. The Labute approximate surface area is 253 Å². The molecule has 0 bridgehead atoms. The van der Waals surface area contributed by atoms with Gasteiger partial charge in [0.15, 0.2) is 18.1 Å². The first-order valence-electron chi connectivity index (χ1n) is 14.7. The average molecular weight is 629 g/mol. The quantitative estimate of drug-likeness (QED) is 0.118. The fraction of sp³-hybridized carbons (Fsp3) is 0.724. The molecule has 0 aromatic carbocycles. The SMILES string of the molecule is C[C@]12C=CC(=O)C=C1CC[C@H]1C3CCC(O)(C(=O)COC(=O)C(N)COC(=O)OCCCCON(O)O)[C@@]3(C)C[C@H](O)C12F. The van der Waals surface area contributed by atoms with E-state index in [2.05, 4.69) is 4.84 Å². The third-order valence-corrected chi connectivity index (χ3v) is 10.2. The number of nitrogens with two attached hydrogens (primary N) is 1. The van der Waals surface area contributed by atoms with Crippen molar-refractivity contribution >= 4 is 23.7 Å². The predicted octanol–water partition coefficient (Wildman–Crippen LogP) is 1.47. The third-order valence-electron chi connectivity index (χ3n) is 10.2. The number of nitrogens with zero attached hydrogens (tertiary/aromatic N) is 1. The Bertz CT molecular complexity index is 1210. The molecule has 8 atom stereocenters. The highest BCUT2D eigenvalue weighted by molar-refractivity contribution is 6.01. The lowest BCUT2D eigenvalue weighted by Crippen LogP contribution is -2.69. The van der Waals surface area contributed by atoms with Crippen molar-refractivity contribution in [2.75, 3.05) is 26.4 Å². The van der Waals surface area contributed by atoms with Crippen molar-refractivity contribution in [2.24, 2.45) is 28.4 Å². The summed E-state index contributed by atoms with van der Waals surface area (Å²) in [6, 6.07) is -1.45. The number of hydrogen-bond donors (Lipinski definition) is 5. The number of esters is 1. The predicted molar refractivity (Wildman–Crippen MR) is 145 cm³/mol. The summed E-state index contributed by atoms with van der Waals surface area (Å²) in [5.41, 5.74) is -0.177. The number of hydrogen-bond acceptors (Lipinski definition) is 14. The molecule has 6 N–H and O–H groups in total. The molecule has 4 aliphatic carbocycles. The normalized spacial score (nSPS) is 36.5. The van der Waals surface area contributed by atoms with Crippen molar-refractivity contribution in [1.82, 2.24) is 5.39 Å². The minimum atomic E-state index is -2.11. The minimum Gasteiger partial charge on any atom is -0.456 e. The van der Waals surface area contributed by atoms with E-state index in [1.807, 2.05) is 0 Å². The van der Waals surface area contributed by atoms with Crippen LogP contribution in [0.25, 0.3) is 0 Å². The van der Waals surface area contributed by atoms with E-state index in [0.717, 1.165) is 0 Å². The van der Waals surface area contributed by atoms with Crippen LogP contribution in [0.4, 0.5) is 9.18 Å². The van der Waals surface area contributed by atoms with Gasteiger partial charge in [-0.1, -0.05) is 18.6 Å². The van der Waals surface area contributed by atoms with Crippen molar-refractivity contribution in [3.63, 3.8) is 0 Å². The molecule has 246 valence electrons. The number of aliphatic hydroxyl groups excluding tert-OH is 1. The molecule has 0 aliphatic heterocycles. The van der Waals surface area contributed by atoms with Gasteiger partial charge in [-0.2, -0.15) is 0 Å². The van der Waals surface area contributed by atoms with Crippen molar-refractivity contribution < 1.29 is 63.2 Å². The van der Waals surface area contributed by atoms with E-state index in [-0.39, 0.29) is 31.8 Å². The van der Waals surface area contributed by atoms with Crippen LogP contribution in [-0.2, 0) is 33.4 Å². The van der Waals surface area contributed by atoms with Gasteiger partial charge in [0.05, 0.1) is 24.7 Å². The lowest BCUT2D eigenvalue weighted by molar-refractivity contribution is -0.492. The number of carbonyl (C=O) groups is 4. The van der Waals surface area contributed by atoms with E-state index >= 15 is 4.39 Å². The van der Waals surface area contributed by atoms with E-state index in [1.54, 1.807) is 13.8 Å². The van der Waals surface area contributed by atoms with Crippen molar-refractivity contribution in [3.05, 3.63) is 23.8 Å². The largest absolute Gasteiger partial charge is 0.508 e. The van der Waals surface area contributed by atoms with Gasteiger partial charge in [0.2, 0.25) is 5.78 Å².